The largest absolute Gasteiger partial charge is 0.399 e. The smallest absolute Gasteiger partial charge is 0.132 e. The van der Waals surface area contributed by atoms with Crippen molar-refractivity contribution >= 4 is 16.6 Å². The van der Waals surface area contributed by atoms with Gasteiger partial charge in [0, 0.05) is 29.0 Å². The first-order valence-electron chi connectivity index (χ1n) is 5.50. The van der Waals surface area contributed by atoms with Gasteiger partial charge in [0.15, 0.2) is 0 Å². The first-order valence-corrected chi connectivity index (χ1v) is 5.50. The Hall–Kier alpha value is -2.49. The van der Waals surface area contributed by atoms with E-state index in [2.05, 4.69) is 9.97 Å². The number of rotatable bonds is 1. The van der Waals surface area contributed by atoms with Crippen LogP contribution in [0.15, 0.2) is 48.8 Å². The Morgan fingerprint density at radius 2 is 1.94 bits per heavy atom. The molecule has 3 nitrogen and oxygen atoms in total. The van der Waals surface area contributed by atoms with Gasteiger partial charge in [0.25, 0.3) is 0 Å². The van der Waals surface area contributed by atoms with E-state index in [1.165, 1.54) is 6.07 Å². The van der Waals surface area contributed by atoms with Crippen molar-refractivity contribution < 1.29 is 4.39 Å². The lowest BCUT2D eigenvalue weighted by Crippen LogP contribution is -1.90. The average molecular weight is 239 g/mol. The molecule has 0 saturated carbocycles. The molecule has 0 aliphatic rings. The first-order chi connectivity index (χ1) is 8.74. The topological polar surface area (TPSA) is 51.8 Å². The quantitative estimate of drug-likeness (QED) is 0.710. The molecule has 0 radical (unpaired) electrons. The first kappa shape index (κ1) is 10.7. The number of halogens is 1. The third-order valence-corrected chi connectivity index (χ3v) is 2.75. The maximum absolute atomic E-state index is 13.7. The predicted octanol–water partition coefficient (Wildman–Crippen LogP) is 3.02. The summed E-state index contributed by atoms with van der Waals surface area (Å²) in [5, 5.41) is 0.485. The third-order valence-electron chi connectivity index (χ3n) is 2.75. The lowest BCUT2D eigenvalue weighted by molar-refractivity contribution is 0.639. The highest BCUT2D eigenvalue weighted by molar-refractivity contribution is 5.83. The summed E-state index contributed by atoms with van der Waals surface area (Å²) in [6.45, 7) is 0. The van der Waals surface area contributed by atoms with E-state index < -0.39 is 0 Å². The zero-order valence-electron chi connectivity index (χ0n) is 9.47. The molecule has 18 heavy (non-hydrogen) atoms. The molecular formula is C14H10FN3. The van der Waals surface area contributed by atoms with Crippen LogP contribution in [-0.2, 0) is 0 Å². The van der Waals surface area contributed by atoms with E-state index in [9.17, 15) is 4.39 Å². The summed E-state index contributed by atoms with van der Waals surface area (Å²) in [5.41, 5.74) is 8.39. The summed E-state index contributed by atoms with van der Waals surface area (Å²) in [4.78, 5) is 8.43. The van der Waals surface area contributed by atoms with Crippen molar-refractivity contribution in [1.82, 2.24) is 9.97 Å². The van der Waals surface area contributed by atoms with Crippen LogP contribution >= 0.6 is 0 Å². The number of nitrogens with two attached hydrogens (primary N) is 1. The highest BCUT2D eigenvalue weighted by Gasteiger charge is 2.05. The van der Waals surface area contributed by atoms with E-state index in [4.69, 9.17) is 5.73 Å². The van der Waals surface area contributed by atoms with E-state index in [0.29, 0.717) is 22.3 Å². The molecule has 3 rings (SSSR count). The Morgan fingerprint density at radius 3 is 2.78 bits per heavy atom. The van der Waals surface area contributed by atoms with Gasteiger partial charge in [-0.25, -0.2) is 4.39 Å². The second kappa shape index (κ2) is 4.07. The Labute approximate surface area is 103 Å². The van der Waals surface area contributed by atoms with Gasteiger partial charge in [0.05, 0.1) is 11.2 Å². The molecule has 0 unspecified atom stereocenters. The molecule has 0 bridgehead atoms. The molecule has 2 aromatic heterocycles. The lowest BCUT2D eigenvalue weighted by Gasteiger charge is -2.04. The van der Waals surface area contributed by atoms with Gasteiger partial charge >= 0.3 is 0 Å². The molecular weight excluding hydrogens is 229 g/mol. The van der Waals surface area contributed by atoms with E-state index in [1.807, 2.05) is 0 Å². The average Bonchev–Trinajstić information content (AvgIpc) is 2.39. The van der Waals surface area contributed by atoms with Crippen LogP contribution < -0.4 is 5.73 Å². The third kappa shape index (κ3) is 1.78. The zero-order valence-corrected chi connectivity index (χ0v) is 9.47. The van der Waals surface area contributed by atoms with Gasteiger partial charge in [0.1, 0.15) is 5.82 Å². The molecule has 0 aliphatic carbocycles. The molecule has 0 amide bonds. The molecule has 3 aromatic rings. The summed E-state index contributed by atoms with van der Waals surface area (Å²) in [7, 11) is 0. The summed E-state index contributed by atoms with van der Waals surface area (Å²) in [5.74, 6) is -0.286. The second-order valence-corrected chi connectivity index (χ2v) is 4.00. The van der Waals surface area contributed by atoms with Crippen LogP contribution in [0.25, 0.3) is 22.2 Å². The van der Waals surface area contributed by atoms with Gasteiger partial charge in [-0.15, -0.1) is 0 Å². The van der Waals surface area contributed by atoms with Crippen molar-refractivity contribution in [3.05, 3.63) is 54.6 Å². The maximum Gasteiger partial charge on any atom is 0.132 e. The number of fused-ring (bicyclic) bond motifs is 1. The summed E-state index contributed by atoms with van der Waals surface area (Å²) >= 11 is 0. The number of benzene rings is 1. The number of anilines is 1. The van der Waals surface area contributed by atoms with Gasteiger partial charge in [-0.1, -0.05) is 6.07 Å². The van der Waals surface area contributed by atoms with E-state index in [-0.39, 0.29) is 5.82 Å². The van der Waals surface area contributed by atoms with Gasteiger partial charge in [-0.3, -0.25) is 9.97 Å². The molecule has 0 fully saturated rings. The van der Waals surface area contributed by atoms with Gasteiger partial charge in [-0.2, -0.15) is 0 Å². The van der Waals surface area contributed by atoms with E-state index >= 15 is 0 Å². The minimum Gasteiger partial charge on any atom is -0.399 e. The van der Waals surface area contributed by atoms with Gasteiger partial charge in [-0.05, 0) is 30.3 Å². The normalized spacial score (nSPS) is 10.7. The minimum atomic E-state index is -0.286. The number of aromatic nitrogens is 2. The number of hydrogen-bond acceptors (Lipinski definition) is 3. The number of nitrogens with zero attached hydrogens (tertiary/aromatic N) is 2. The Balaban J connectivity index is 2.22. The number of nitrogen functional groups attached to an aromatic ring is 1. The molecule has 0 saturated heterocycles. The summed E-state index contributed by atoms with van der Waals surface area (Å²) in [6, 6.07) is 10.0. The fraction of sp³-hybridized carbons (Fsp3) is 0. The van der Waals surface area contributed by atoms with E-state index in [0.717, 1.165) is 5.56 Å². The molecule has 88 valence electrons. The van der Waals surface area contributed by atoms with Gasteiger partial charge in [0.2, 0.25) is 0 Å². The minimum absolute atomic E-state index is 0.286. The summed E-state index contributed by atoms with van der Waals surface area (Å²) in [6.07, 6.45) is 3.29. The van der Waals surface area contributed by atoms with Crippen molar-refractivity contribution in [2.24, 2.45) is 0 Å². The lowest BCUT2D eigenvalue weighted by atomic mass is 10.1. The van der Waals surface area contributed by atoms with Crippen LogP contribution in [0, 0.1) is 5.82 Å². The Morgan fingerprint density at radius 1 is 1.06 bits per heavy atom. The van der Waals surface area contributed by atoms with E-state index in [1.54, 1.807) is 42.7 Å². The summed E-state index contributed by atoms with van der Waals surface area (Å²) < 4.78 is 13.7. The number of pyridine rings is 2. The van der Waals surface area contributed by atoms with Crippen LogP contribution in [0.5, 0.6) is 0 Å². The SMILES string of the molecule is Nc1ccnc(-c2cnc3cccc(F)c3c2)c1. The molecule has 0 atom stereocenters. The van der Waals surface area contributed by atoms with Crippen LogP contribution in [0.1, 0.15) is 0 Å². The van der Waals surface area contributed by atoms with Crippen molar-refractivity contribution in [3.8, 4) is 11.3 Å². The Bertz CT molecular complexity index is 725. The van der Waals surface area contributed by atoms with Gasteiger partial charge < -0.3 is 5.73 Å². The maximum atomic E-state index is 13.7. The highest BCUT2D eigenvalue weighted by atomic mass is 19.1. The molecule has 0 spiro atoms. The van der Waals surface area contributed by atoms with Crippen molar-refractivity contribution in [1.29, 1.82) is 0 Å². The highest BCUT2D eigenvalue weighted by Crippen LogP contribution is 2.23. The molecule has 2 N–H and O–H groups in total. The predicted molar refractivity (Wildman–Crippen MR) is 69.3 cm³/mol. The Kier molecular flexibility index (Phi) is 2.41. The number of hydrogen-bond donors (Lipinski definition) is 1. The standard InChI is InChI=1S/C14H10FN3/c15-12-2-1-3-13-11(12)6-9(8-18-13)14-7-10(16)4-5-17-14/h1-8H,(H2,16,17). The molecule has 1 aromatic carbocycles. The fourth-order valence-corrected chi connectivity index (χ4v) is 1.86. The molecule has 2 heterocycles. The molecule has 0 aliphatic heterocycles. The molecule has 4 heteroatoms. The second-order valence-electron chi connectivity index (χ2n) is 4.00. The van der Waals surface area contributed by atoms with Crippen LogP contribution in [0.3, 0.4) is 0 Å². The van der Waals surface area contributed by atoms with Crippen molar-refractivity contribution in [2.75, 3.05) is 5.73 Å². The van der Waals surface area contributed by atoms with Crippen molar-refractivity contribution in [2.45, 2.75) is 0 Å². The monoisotopic (exact) mass is 239 g/mol. The van der Waals surface area contributed by atoms with Crippen LogP contribution in [0.2, 0.25) is 0 Å². The van der Waals surface area contributed by atoms with Crippen LogP contribution in [-0.4, -0.2) is 9.97 Å². The van der Waals surface area contributed by atoms with Crippen molar-refractivity contribution in [3.63, 3.8) is 0 Å². The zero-order chi connectivity index (χ0) is 12.5. The fourth-order valence-electron chi connectivity index (χ4n) is 1.86. The van der Waals surface area contributed by atoms with Crippen LogP contribution in [0.4, 0.5) is 10.1 Å².